The number of carbonyl (C=O) groups excluding carboxylic acids is 2. The number of ether oxygens (including phenoxy) is 2. The highest BCUT2D eigenvalue weighted by Crippen LogP contribution is 2.40. The highest BCUT2D eigenvalue weighted by atomic mass is 32.2. The summed E-state index contributed by atoms with van der Waals surface area (Å²) < 4.78 is 36.2. The van der Waals surface area contributed by atoms with Crippen molar-refractivity contribution < 1.29 is 32.6 Å². The highest BCUT2D eigenvalue weighted by Gasteiger charge is 2.38. The Morgan fingerprint density at radius 3 is 2.59 bits per heavy atom. The lowest BCUT2D eigenvalue weighted by Crippen LogP contribution is -2.45. The molecule has 1 saturated heterocycles. The van der Waals surface area contributed by atoms with Gasteiger partial charge in [-0.1, -0.05) is 18.2 Å². The van der Waals surface area contributed by atoms with Crippen LogP contribution in [0.15, 0.2) is 60.7 Å². The lowest BCUT2D eigenvalue weighted by atomic mass is 9.86. The molecule has 2 N–H and O–H groups in total. The Hall–Kier alpha value is -4.05. The monoisotopic (exact) mass is 576 g/mol. The number of nitrogens with zero attached hydrogens (tertiary/aromatic N) is 1. The Bertz CT molecular complexity index is 1590. The van der Waals surface area contributed by atoms with E-state index in [1.807, 2.05) is 47.4 Å². The maximum Gasteiger partial charge on any atom is 0.255 e. The SMILES string of the molecule is O=C1NCCCOc2cccc(c2)C2c3ccc(cc3CCN2C(=O)C2CCS(=O)(=O)CC2)Oc2ccc(O)c1c2. The molecular formula is C31H32N2O7S. The summed E-state index contributed by atoms with van der Waals surface area (Å²) in [6, 6.07) is 17.7. The van der Waals surface area contributed by atoms with Crippen LogP contribution in [-0.2, 0) is 21.1 Å². The van der Waals surface area contributed by atoms with Crippen molar-refractivity contribution in [1.82, 2.24) is 10.2 Å². The summed E-state index contributed by atoms with van der Waals surface area (Å²) in [5.41, 5.74) is 3.04. The van der Waals surface area contributed by atoms with E-state index in [2.05, 4.69) is 5.32 Å². The molecule has 1 atom stereocenters. The summed E-state index contributed by atoms with van der Waals surface area (Å²) in [4.78, 5) is 28.5. The minimum Gasteiger partial charge on any atom is -0.507 e. The zero-order valence-corrected chi connectivity index (χ0v) is 23.4. The van der Waals surface area contributed by atoms with Crippen LogP contribution < -0.4 is 14.8 Å². The molecule has 4 aliphatic rings. The van der Waals surface area contributed by atoms with Crippen LogP contribution in [0.3, 0.4) is 0 Å². The van der Waals surface area contributed by atoms with Crippen LogP contribution >= 0.6 is 0 Å². The smallest absolute Gasteiger partial charge is 0.255 e. The molecule has 1 fully saturated rings. The van der Waals surface area contributed by atoms with Gasteiger partial charge in [-0.15, -0.1) is 0 Å². The molecule has 4 heterocycles. The van der Waals surface area contributed by atoms with Crippen molar-refractivity contribution >= 4 is 21.7 Å². The quantitative estimate of drug-likeness (QED) is 0.449. The van der Waals surface area contributed by atoms with Crippen LogP contribution in [0.2, 0.25) is 0 Å². The molecule has 0 aromatic heterocycles. The fourth-order valence-electron chi connectivity index (χ4n) is 5.87. The third-order valence-electron chi connectivity index (χ3n) is 8.03. The number of carbonyl (C=O) groups is 2. The maximum absolute atomic E-state index is 13.9. The number of sulfone groups is 1. The van der Waals surface area contributed by atoms with E-state index >= 15 is 0 Å². The minimum atomic E-state index is -3.08. The molecule has 214 valence electrons. The predicted molar refractivity (Wildman–Crippen MR) is 152 cm³/mol. The van der Waals surface area contributed by atoms with Gasteiger partial charge < -0.3 is 24.8 Å². The van der Waals surface area contributed by atoms with Crippen LogP contribution in [0.5, 0.6) is 23.0 Å². The number of rotatable bonds is 1. The fourth-order valence-corrected chi connectivity index (χ4v) is 7.36. The van der Waals surface area contributed by atoms with Crippen molar-refractivity contribution in [1.29, 1.82) is 0 Å². The molecule has 0 radical (unpaired) electrons. The van der Waals surface area contributed by atoms with E-state index in [0.29, 0.717) is 62.6 Å². The third kappa shape index (κ3) is 5.74. The van der Waals surface area contributed by atoms with E-state index in [4.69, 9.17) is 9.47 Å². The Kier molecular flexibility index (Phi) is 7.33. The van der Waals surface area contributed by atoms with Gasteiger partial charge in [0.15, 0.2) is 0 Å². The second-order valence-electron chi connectivity index (χ2n) is 10.8. The van der Waals surface area contributed by atoms with Gasteiger partial charge in [-0.3, -0.25) is 9.59 Å². The second kappa shape index (κ2) is 11.1. The van der Waals surface area contributed by atoms with Gasteiger partial charge in [0.1, 0.15) is 32.8 Å². The van der Waals surface area contributed by atoms with Crippen molar-refractivity contribution in [3.8, 4) is 23.0 Å². The molecule has 4 aliphatic heterocycles. The first-order valence-corrected chi connectivity index (χ1v) is 15.8. The first-order valence-electron chi connectivity index (χ1n) is 13.9. The lowest BCUT2D eigenvalue weighted by Gasteiger charge is -2.40. The Labute approximate surface area is 239 Å². The molecule has 9 nitrogen and oxygen atoms in total. The summed E-state index contributed by atoms with van der Waals surface area (Å²) in [5.74, 6) is 0.866. The number of hydrogen-bond donors (Lipinski definition) is 2. The fraction of sp³-hybridized carbons (Fsp3) is 0.355. The predicted octanol–water partition coefficient (Wildman–Crippen LogP) is 4.00. The van der Waals surface area contributed by atoms with Crippen molar-refractivity contribution in [2.45, 2.75) is 31.7 Å². The molecule has 41 heavy (non-hydrogen) atoms. The van der Waals surface area contributed by atoms with Crippen molar-refractivity contribution in [2.24, 2.45) is 5.92 Å². The molecule has 2 amide bonds. The molecule has 3 aromatic rings. The molecule has 0 spiro atoms. The zero-order chi connectivity index (χ0) is 28.6. The molecule has 0 aliphatic carbocycles. The van der Waals surface area contributed by atoms with Gasteiger partial charge in [0.2, 0.25) is 5.91 Å². The largest absolute Gasteiger partial charge is 0.507 e. The van der Waals surface area contributed by atoms with E-state index in [1.54, 1.807) is 6.07 Å². The number of fused-ring (bicyclic) bond motifs is 6. The average molecular weight is 577 g/mol. The third-order valence-corrected chi connectivity index (χ3v) is 9.74. The Morgan fingerprint density at radius 1 is 0.976 bits per heavy atom. The minimum absolute atomic E-state index is 0.0169. The Balaban J connectivity index is 1.39. The summed E-state index contributed by atoms with van der Waals surface area (Å²) in [5, 5.41) is 13.1. The number of amides is 2. The molecule has 1 unspecified atom stereocenters. The summed E-state index contributed by atoms with van der Waals surface area (Å²) in [6.45, 7) is 1.20. The van der Waals surface area contributed by atoms with Gasteiger partial charge >= 0.3 is 0 Å². The van der Waals surface area contributed by atoms with Crippen LogP contribution in [-0.4, -0.2) is 61.4 Å². The van der Waals surface area contributed by atoms with E-state index in [1.165, 1.54) is 12.1 Å². The van der Waals surface area contributed by atoms with Crippen LogP contribution in [0.1, 0.15) is 52.4 Å². The van der Waals surface area contributed by atoms with Gasteiger partial charge in [0.05, 0.1) is 29.7 Å². The lowest BCUT2D eigenvalue weighted by molar-refractivity contribution is -0.138. The average Bonchev–Trinajstić information content (AvgIpc) is 2.96. The van der Waals surface area contributed by atoms with Crippen LogP contribution in [0, 0.1) is 5.92 Å². The van der Waals surface area contributed by atoms with Crippen molar-refractivity contribution in [3.63, 3.8) is 0 Å². The van der Waals surface area contributed by atoms with E-state index < -0.39 is 15.7 Å². The first kappa shape index (κ1) is 27.1. The summed E-state index contributed by atoms with van der Waals surface area (Å²) >= 11 is 0. The maximum atomic E-state index is 13.9. The number of aromatic hydroxyl groups is 1. The molecule has 8 bridgehead atoms. The number of phenolic OH excluding ortho intramolecular Hbond substituents is 1. The number of nitrogens with one attached hydrogen (secondary N) is 1. The van der Waals surface area contributed by atoms with Crippen LogP contribution in [0.25, 0.3) is 0 Å². The first-order chi connectivity index (χ1) is 19.8. The van der Waals surface area contributed by atoms with Crippen molar-refractivity contribution in [2.75, 3.05) is 31.2 Å². The van der Waals surface area contributed by atoms with Crippen LogP contribution in [0.4, 0.5) is 0 Å². The van der Waals surface area contributed by atoms with Gasteiger partial charge in [-0.2, -0.15) is 0 Å². The zero-order valence-electron chi connectivity index (χ0n) is 22.5. The molecule has 3 aromatic carbocycles. The summed E-state index contributed by atoms with van der Waals surface area (Å²) in [7, 11) is -3.08. The van der Waals surface area contributed by atoms with Gasteiger partial charge in [0, 0.05) is 19.0 Å². The van der Waals surface area contributed by atoms with Crippen molar-refractivity contribution in [3.05, 3.63) is 82.9 Å². The highest BCUT2D eigenvalue weighted by molar-refractivity contribution is 7.91. The molecule has 10 heteroatoms. The van der Waals surface area contributed by atoms with E-state index in [9.17, 15) is 23.1 Å². The molecule has 7 rings (SSSR count). The second-order valence-corrected chi connectivity index (χ2v) is 13.1. The summed E-state index contributed by atoms with van der Waals surface area (Å²) in [6.07, 6.45) is 1.85. The topological polar surface area (TPSA) is 122 Å². The van der Waals surface area contributed by atoms with E-state index in [0.717, 1.165) is 16.7 Å². The normalized spacial score (nSPS) is 20.6. The van der Waals surface area contributed by atoms with E-state index in [-0.39, 0.29) is 40.7 Å². The standard InChI is InChI=1S/C31H32N2O7S/c34-28-8-6-25-19-27(28)30(35)32-12-2-14-39-23-4-1-3-22(18-23)29-26-7-5-24(40-25)17-21(26)9-13-33(29)31(36)20-10-15-41(37,38)16-11-20/h1,3-8,17-20,29,34H,2,9-16H2,(H,32,35). The number of benzene rings is 3. The van der Waals surface area contributed by atoms with Gasteiger partial charge in [0.25, 0.3) is 5.91 Å². The van der Waals surface area contributed by atoms with Gasteiger partial charge in [-0.05, 0) is 84.8 Å². The molecular weight excluding hydrogens is 544 g/mol. The number of hydrogen-bond acceptors (Lipinski definition) is 7. The molecule has 0 saturated carbocycles. The van der Waals surface area contributed by atoms with Gasteiger partial charge in [-0.25, -0.2) is 8.42 Å². The Morgan fingerprint density at radius 2 is 1.76 bits per heavy atom. The number of phenols is 1.